The highest BCUT2D eigenvalue weighted by Crippen LogP contribution is 2.44. The Morgan fingerprint density at radius 2 is 1.69 bits per heavy atom. The average Bonchev–Trinajstić information content (AvgIpc) is 4.03. The lowest BCUT2D eigenvalue weighted by Gasteiger charge is -2.35. The van der Waals surface area contributed by atoms with Crippen LogP contribution in [0.25, 0.3) is 10.4 Å². The summed E-state index contributed by atoms with van der Waals surface area (Å²) in [7, 11) is 1.32. The lowest BCUT2D eigenvalue weighted by atomic mass is 9.85. The van der Waals surface area contributed by atoms with Crippen LogP contribution in [0, 0.1) is 29.5 Å². The molecule has 0 bridgehead atoms. The number of unbranched alkanes of at least 4 members (excludes halogenated alkanes) is 1. The highest BCUT2D eigenvalue weighted by Gasteiger charge is 2.53. The Labute approximate surface area is 418 Å². The average molecular weight is 1030 g/mol. The van der Waals surface area contributed by atoms with Crippen LogP contribution in [0.5, 0.6) is 11.8 Å². The summed E-state index contributed by atoms with van der Waals surface area (Å²) in [6.45, 7) is 11.7. The Bertz CT molecular complexity index is 2650. The topological polar surface area (TPSA) is 189 Å². The fraction of sp³-hybridized carbons (Fsp3) is 0.469. The zero-order valence-corrected chi connectivity index (χ0v) is 42.0. The second-order valence-corrected chi connectivity index (χ2v) is 19.6. The van der Waals surface area contributed by atoms with Crippen molar-refractivity contribution in [1.29, 1.82) is 5.26 Å². The van der Waals surface area contributed by atoms with Gasteiger partial charge in [0.1, 0.15) is 35.5 Å². The molecule has 2 N–H and O–H groups in total. The SMILES string of the molecule is COc1nc(OCCCCOCCOCC(=O)NC(C(=O)N2CCCC2C(=O)NCc2ccc(-c3scnc3C)cc2)C(C)(C)C)ccc1N1C(=S)N(c2ccc(C#N)c(C(F)(F)F)c2F)C(=O)C1(C)C. The maximum Gasteiger partial charge on any atom is 0.420 e. The number of aryl methyl sites for hydroxylation is 1. The molecule has 22 heteroatoms. The highest BCUT2D eigenvalue weighted by molar-refractivity contribution is 7.81. The molecule has 0 spiro atoms. The van der Waals surface area contributed by atoms with Gasteiger partial charge in [-0.25, -0.2) is 9.37 Å². The van der Waals surface area contributed by atoms with E-state index in [1.54, 1.807) is 16.2 Å². The number of anilines is 2. The molecule has 4 heterocycles. The van der Waals surface area contributed by atoms with Crippen LogP contribution >= 0.6 is 23.6 Å². The molecule has 2 aliphatic heterocycles. The van der Waals surface area contributed by atoms with E-state index in [0.29, 0.717) is 50.3 Å². The number of alkyl halides is 3. The van der Waals surface area contributed by atoms with Gasteiger partial charge in [0, 0.05) is 25.8 Å². The fourth-order valence-corrected chi connectivity index (χ4v) is 9.50. The molecule has 0 saturated carbocycles. The molecule has 2 saturated heterocycles. The highest BCUT2D eigenvalue weighted by atomic mass is 32.1. The fourth-order valence-electron chi connectivity index (χ4n) is 8.18. The van der Waals surface area contributed by atoms with E-state index in [9.17, 15) is 37.6 Å². The number of halogens is 4. The van der Waals surface area contributed by atoms with Crippen LogP contribution in [0.15, 0.2) is 54.0 Å². The molecular formula is C49H56F4N8O8S2. The van der Waals surface area contributed by atoms with E-state index >= 15 is 4.39 Å². The maximum absolute atomic E-state index is 15.5. The molecule has 16 nitrogen and oxygen atoms in total. The third kappa shape index (κ3) is 12.4. The molecule has 2 aromatic carbocycles. The molecular weight excluding hydrogens is 969 g/mol. The molecule has 2 aromatic heterocycles. The number of likely N-dealkylation sites (tertiary alicyclic amines) is 1. The lowest BCUT2D eigenvalue weighted by molar-refractivity contribution is -0.144. The molecule has 2 aliphatic rings. The second-order valence-electron chi connectivity index (χ2n) is 18.4. The van der Waals surface area contributed by atoms with Crippen molar-refractivity contribution in [3.63, 3.8) is 0 Å². The number of nitrogens with one attached hydrogen (secondary N) is 2. The van der Waals surface area contributed by atoms with E-state index in [4.69, 9.17) is 31.2 Å². The molecule has 2 atom stereocenters. The Hall–Kier alpha value is -6.28. The lowest BCUT2D eigenvalue weighted by Crippen LogP contribution is -2.58. The van der Waals surface area contributed by atoms with Crippen LogP contribution in [0.2, 0.25) is 0 Å². The standard InChI is InChI=1S/C49H56F4N8O8S2/c1-29-40(71-28-56-29)31-14-12-30(13-15-31)26-55-42(63)34-11-10-20-59(34)44(64)41(47(2,3)4)57-36(62)27-68-24-23-67-21-8-9-22-69-37-19-18-35(43(58-37)66-7)61-46(70)60(45(65)48(61,5)6)33-17-16-32(25-54)38(39(33)50)49(51,52)53/h12-19,28,34,41H,8-11,20-24,26-27H2,1-7H3,(H,55,63)(H,57,62). The van der Waals surface area contributed by atoms with Crippen molar-refractivity contribution in [3.05, 3.63) is 82.2 Å². The van der Waals surface area contributed by atoms with Gasteiger partial charge < -0.3 is 34.5 Å². The van der Waals surface area contributed by atoms with Crippen LogP contribution in [0.3, 0.4) is 0 Å². The first kappa shape index (κ1) is 54.1. The molecule has 2 unspecified atom stereocenters. The van der Waals surface area contributed by atoms with Crippen molar-refractivity contribution < 1.29 is 55.7 Å². The number of benzene rings is 2. The molecule has 0 aliphatic carbocycles. The van der Waals surface area contributed by atoms with Gasteiger partial charge in [0.05, 0.1) is 60.3 Å². The van der Waals surface area contributed by atoms with Gasteiger partial charge in [0.25, 0.3) is 5.91 Å². The summed E-state index contributed by atoms with van der Waals surface area (Å²) >= 11 is 7.11. The third-order valence-electron chi connectivity index (χ3n) is 11.9. The van der Waals surface area contributed by atoms with Crippen molar-refractivity contribution in [2.24, 2.45) is 5.41 Å². The molecule has 4 aromatic rings. The van der Waals surface area contributed by atoms with Crippen molar-refractivity contribution in [1.82, 2.24) is 25.5 Å². The molecule has 4 amide bonds. The van der Waals surface area contributed by atoms with Crippen molar-refractivity contribution in [2.45, 2.75) is 97.6 Å². The van der Waals surface area contributed by atoms with Crippen molar-refractivity contribution in [2.75, 3.05) is 56.5 Å². The van der Waals surface area contributed by atoms with Crippen molar-refractivity contribution in [3.8, 4) is 28.3 Å². The number of nitriles is 1. The number of ether oxygens (including phenoxy) is 4. The van der Waals surface area contributed by atoms with E-state index in [1.165, 1.54) is 44.1 Å². The smallest absolute Gasteiger partial charge is 0.420 e. The Morgan fingerprint density at radius 3 is 2.34 bits per heavy atom. The second kappa shape index (κ2) is 22.9. The first-order valence-corrected chi connectivity index (χ1v) is 24.1. The normalized spacial score (nSPS) is 16.3. The number of nitrogens with zero attached hydrogens (tertiary/aromatic N) is 6. The summed E-state index contributed by atoms with van der Waals surface area (Å²) in [4.78, 5) is 67.3. The number of amides is 4. The number of carbonyl (C=O) groups excluding carboxylic acids is 4. The molecule has 6 rings (SSSR count). The van der Waals surface area contributed by atoms with E-state index in [-0.39, 0.29) is 60.8 Å². The zero-order valence-electron chi connectivity index (χ0n) is 40.4. The number of rotatable bonds is 20. The quantitative estimate of drug-likeness (QED) is 0.0504. The van der Waals surface area contributed by atoms with Crippen molar-refractivity contribution >= 4 is 63.7 Å². The summed E-state index contributed by atoms with van der Waals surface area (Å²) in [5.41, 5.74) is -0.778. The van der Waals surface area contributed by atoms with Crippen LogP contribution in [0.4, 0.5) is 28.9 Å². The van der Waals surface area contributed by atoms with Crippen LogP contribution in [-0.4, -0.2) is 108 Å². The number of thiocarbonyl (C=S) groups is 1. The first-order valence-electron chi connectivity index (χ1n) is 22.8. The number of aromatic nitrogens is 2. The number of hydrogen-bond donors (Lipinski definition) is 2. The van der Waals surface area contributed by atoms with Gasteiger partial charge in [-0.1, -0.05) is 45.0 Å². The number of pyridine rings is 1. The first-order chi connectivity index (χ1) is 33.6. The van der Waals surface area contributed by atoms with Gasteiger partial charge in [0.15, 0.2) is 10.9 Å². The molecule has 2 fully saturated rings. The predicted octanol–water partition coefficient (Wildman–Crippen LogP) is 7.50. The van der Waals surface area contributed by atoms with Gasteiger partial charge >= 0.3 is 6.18 Å². The van der Waals surface area contributed by atoms with Gasteiger partial charge in [-0.2, -0.15) is 23.4 Å². The van der Waals surface area contributed by atoms with Gasteiger partial charge in [-0.3, -0.25) is 29.0 Å². The minimum Gasteiger partial charge on any atom is -0.479 e. The summed E-state index contributed by atoms with van der Waals surface area (Å²) in [6, 6.07) is 12.4. The number of thiazole rings is 1. The van der Waals surface area contributed by atoms with E-state index in [2.05, 4.69) is 20.6 Å². The Balaban J connectivity index is 0.907. The summed E-state index contributed by atoms with van der Waals surface area (Å²) in [6.07, 6.45) is -2.89. The largest absolute Gasteiger partial charge is 0.479 e. The molecule has 0 radical (unpaired) electrons. The summed E-state index contributed by atoms with van der Waals surface area (Å²) in [5.74, 6) is -3.56. The van der Waals surface area contributed by atoms with Gasteiger partial charge in [-0.05, 0) is 93.4 Å². The van der Waals surface area contributed by atoms with Crippen LogP contribution in [0.1, 0.15) is 82.7 Å². The predicted molar refractivity (Wildman–Crippen MR) is 260 cm³/mol. The van der Waals surface area contributed by atoms with E-state index < -0.39 is 63.7 Å². The molecule has 71 heavy (non-hydrogen) atoms. The van der Waals surface area contributed by atoms with E-state index in [0.717, 1.165) is 33.8 Å². The summed E-state index contributed by atoms with van der Waals surface area (Å²) in [5, 5.41) is 14.7. The van der Waals surface area contributed by atoms with Gasteiger partial charge in [-0.15, -0.1) is 11.3 Å². The molecule has 380 valence electrons. The van der Waals surface area contributed by atoms with Gasteiger partial charge in [0.2, 0.25) is 29.5 Å². The Kier molecular flexibility index (Phi) is 17.4. The summed E-state index contributed by atoms with van der Waals surface area (Å²) < 4.78 is 79.3. The minimum absolute atomic E-state index is 0.0291. The number of carbonyl (C=O) groups is 4. The van der Waals surface area contributed by atoms with Crippen LogP contribution in [-0.2, 0) is 41.4 Å². The monoisotopic (exact) mass is 1020 g/mol. The third-order valence-corrected chi connectivity index (χ3v) is 13.2. The minimum atomic E-state index is -5.22. The number of methoxy groups -OCH3 is 1. The zero-order chi connectivity index (χ0) is 51.8. The van der Waals surface area contributed by atoms with Crippen LogP contribution < -0.4 is 29.9 Å². The number of hydrogen-bond acceptors (Lipinski definition) is 13. The Morgan fingerprint density at radius 1 is 1.00 bits per heavy atom. The van der Waals surface area contributed by atoms with E-state index in [1.807, 2.05) is 57.5 Å². The maximum atomic E-state index is 15.5.